The van der Waals surface area contributed by atoms with Crippen LogP contribution in [0.5, 0.6) is 0 Å². The Balaban J connectivity index is 2.01. The highest BCUT2D eigenvalue weighted by Gasteiger charge is 2.35. The van der Waals surface area contributed by atoms with Gasteiger partial charge in [-0.05, 0) is 30.9 Å². The smallest absolute Gasteiger partial charge is 0.349 e. The third kappa shape index (κ3) is 4.47. The van der Waals surface area contributed by atoms with Crippen molar-refractivity contribution in [3.63, 3.8) is 0 Å². The van der Waals surface area contributed by atoms with Crippen molar-refractivity contribution in [3.8, 4) is 0 Å². The highest BCUT2D eigenvalue weighted by Crippen LogP contribution is 2.31. The fourth-order valence-corrected chi connectivity index (χ4v) is 3.14. The maximum atomic E-state index is 12.7. The fourth-order valence-electron chi connectivity index (χ4n) is 3.14. The van der Waals surface area contributed by atoms with Gasteiger partial charge in [0.1, 0.15) is 0 Å². The van der Waals surface area contributed by atoms with E-state index in [9.17, 15) is 18.0 Å². The summed E-state index contributed by atoms with van der Waals surface area (Å²) in [6, 6.07) is 5.14. The largest absolute Gasteiger partial charge is 0.416 e. The van der Waals surface area contributed by atoms with Gasteiger partial charge in [0.25, 0.3) is 0 Å². The predicted octanol–water partition coefficient (Wildman–Crippen LogP) is 3.27. The number of halogens is 3. The minimum Gasteiger partial charge on any atom is -0.349 e. The Morgan fingerprint density at radius 1 is 1.35 bits per heavy atom. The van der Waals surface area contributed by atoms with Crippen LogP contribution in [0.3, 0.4) is 0 Å². The van der Waals surface area contributed by atoms with Crippen LogP contribution in [0.4, 0.5) is 13.2 Å². The molecule has 6 heteroatoms. The van der Waals surface area contributed by atoms with E-state index in [2.05, 4.69) is 5.32 Å². The second-order valence-corrected chi connectivity index (χ2v) is 6.48. The maximum absolute atomic E-state index is 12.7. The Morgan fingerprint density at radius 3 is 2.57 bits per heavy atom. The number of rotatable bonds is 5. The van der Waals surface area contributed by atoms with Gasteiger partial charge in [0.15, 0.2) is 0 Å². The normalized spacial score (nSPS) is 18.7. The lowest BCUT2D eigenvalue weighted by molar-refractivity contribution is -0.137. The standard InChI is InChI=1S/C17H23F3N2O/c1-12(15(23)22-16(11-21)7-2-3-8-16)9-13-5-4-6-14(10-13)17(18,19)20/h4-6,10,12H,2-3,7-9,11,21H2,1H3,(H,22,23). The first-order valence-corrected chi connectivity index (χ1v) is 7.94. The number of carbonyl (C=O) groups is 1. The summed E-state index contributed by atoms with van der Waals surface area (Å²) < 4.78 is 38.2. The lowest BCUT2D eigenvalue weighted by Gasteiger charge is -2.30. The van der Waals surface area contributed by atoms with Gasteiger partial charge in [0.2, 0.25) is 5.91 Å². The zero-order valence-electron chi connectivity index (χ0n) is 13.2. The van der Waals surface area contributed by atoms with Crippen LogP contribution in [-0.4, -0.2) is 18.0 Å². The van der Waals surface area contributed by atoms with Crippen molar-refractivity contribution in [1.29, 1.82) is 0 Å². The molecule has 1 aliphatic carbocycles. The first-order chi connectivity index (χ1) is 10.8. The molecule has 1 saturated carbocycles. The molecule has 3 nitrogen and oxygen atoms in total. The van der Waals surface area contributed by atoms with Crippen LogP contribution in [-0.2, 0) is 17.4 Å². The van der Waals surface area contributed by atoms with Crippen LogP contribution in [0.1, 0.15) is 43.7 Å². The summed E-state index contributed by atoms with van der Waals surface area (Å²) in [4.78, 5) is 12.4. The monoisotopic (exact) mass is 328 g/mol. The second kappa shape index (κ2) is 6.91. The van der Waals surface area contributed by atoms with Gasteiger partial charge in [0.05, 0.1) is 11.1 Å². The Bertz CT molecular complexity index is 551. The number of alkyl halides is 3. The molecule has 0 aliphatic heterocycles. The topological polar surface area (TPSA) is 55.1 Å². The maximum Gasteiger partial charge on any atom is 0.416 e. The molecule has 1 amide bonds. The zero-order valence-corrected chi connectivity index (χ0v) is 13.2. The van der Waals surface area contributed by atoms with Crippen LogP contribution in [0.2, 0.25) is 0 Å². The Hall–Kier alpha value is -1.56. The van der Waals surface area contributed by atoms with Crippen LogP contribution in [0, 0.1) is 5.92 Å². The molecular weight excluding hydrogens is 305 g/mol. The summed E-state index contributed by atoms with van der Waals surface area (Å²) in [5.74, 6) is -0.544. The van der Waals surface area contributed by atoms with Crippen molar-refractivity contribution in [1.82, 2.24) is 5.32 Å². The van der Waals surface area contributed by atoms with Crippen molar-refractivity contribution in [2.24, 2.45) is 11.7 Å². The van der Waals surface area contributed by atoms with Crippen LogP contribution >= 0.6 is 0 Å². The molecule has 0 bridgehead atoms. The highest BCUT2D eigenvalue weighted by atomic mass is 19.4. The average molecular weight is 328 g/mol. The molecule has 0 saturated heterocycles. The van der Waals surface area contributed by atoms with E-state index in [4.69, 9.17) is 5.73 Å². The van der Waals surface area contributed by atoms with Crippen LogP contribution in [0.15, 0.2) is 24.3 Å². The Kier molecular flexibility index (Phi) is 5.34. The van der Waals surface area contributed by atoms with Crippen molar-refractivity contribution in [3.05, 3.63) is 35.4 Å². The Morgan fingerprint density at radius 2 is 2.00 bits per heavy atom. The van der Waals surface area contributed by atoms with Crippen molar-refractivity contribution < 1.29 is 18.0 Å². The number of nitrogens with one attached hydrogen (secondary N) is 1. The highest BCUT2D eigenvalue weighted by molar-refractivity contribution is 5.79. The lowest BCUT2D eigenvalue weighted by Crippen LogP contribution is -2.53. The van der Waals surface area contributed by atoms with E-state index in [-0.39, 0.29) is 17.9 Å². The first-order valence-electron chi connectivity index (χ1n) is 7.94. The van der Waals surface area contributed by atoms with Gasteiger partial charge < -0.3 is 11.1 Å². The van der Waals surface area contributed by atoms with E-state index in [1.165, 1.54) is 6.07 Å². The van der Waals surface area contributed by atoms with Crippen LogP contribution < -0.4 is 11.1 Å². The molecule has 3 N–H and O–H groups in total. The second-order valence-electron chi connectivity index (χ2n) is 6.48. The molecule has 2 rings (SSSR count). The SMILES string of the molecule is CC(Cc1cccc(C(F)(F)F)c1)C(=O)NC1(CN)CCCC1. The molecule has 128 valence electrons. The Labute approximate surface area is 134 Å². The van der Waals surface area contributed by atoms with Gasteiger partial charge in [-0.2, -0.15) is 13.2 Å². The quantitative estimate of drug-likeness (QED) is 0.871. The van der Waals surface area contributed by atoms with Crippen molar-refractivity contribution >= 4 is 5.91 Å². The molecule has 1 fully saturated rings. The number of benzene rings is 1. The lowest BCUT2D eigenvalue weighted by atomic mass is 9.94. The van der Waals surface area contributed by atoms with E-state index >= 15 is 0 Å². The molecule has 23 heavy (non-hydrogen) atoms. The van der Waals surface area contributed by atoms with Gasteiger partial charge in [-0.15, -0.1) is 0 Å². The number of hydrogen-bond acceptors (Lipinski definition) is 2. The number of hydrogen-bond donors (Lipinski definition) is 2. The van der Waals surface area contributed by atoms with Gasteiger partial charge in [0, 0.05) is 12.5 Å². The summed E-state index contributed by atoms with van der Waals surface area (Å²) >= 11 is 0. The van der Waals surface area contributed by atoms with E-state index in [0.717, 1.165) is 37.8 Å². The van der Waals surface area contributed by atoms with E-state index in [1.807, 2.05) is 0 Å². The van der Waals surface area contributed by atoms with E-state index in [0.29, 0.717) is 12.1 Å². The molecule has 0 heterocycles. The van der Waals surface area contributed by atoms with Crippen molar-refractivity contribution in [2.45, 2.75) is 50.7 Å². The third-order valence-corrected chi connectivity index (χ3v) is 4.58. The third-order valence-electron chi connectivity index (χ3n) is 4.58. The van der Waals surface area contributed by atoms with E-state index < -0.39 is 17.7 Å². The summed E-state index contributed by atoms with van der Waals surface area (Å²) in [6.07, 6.45) is -0.276. The van der Waals surface area contributed by atoms with Gasteiger partial charge in [-0.1, -0.05) is 38.0 Å². The zero-order chi connectivity index (χ0) is 17.1. The van der Waals surface area contributed by atoms with Gasteiger partial charge >= 0.3 is 6.18 Å². The summed E-state index contributed by atoms with van der Waals surface area (Å²) in [5.41, 5.74) is 5.29. The van der Waals surface area contributed by atoms with Crippen molar-refractivity contribution in [2.75, 3.05) is 6.54 Å². The summed E-state index contributed by atoms with van der Waals surface area (Å²) in [6.45, 7) is 2.13. The molecule has 1 atom stereocenters. The molecular formula is C17H23F3N2O. The van der Waals surface area contributed by atoms with Crippen LogP contribution in [0.25, 0.3) is 0 Å². The molecule has 0 spiro atoms. The molecule has 0 radical (unpaired) electrons. The number of carbonyl (C=O) groups excluding carboxylic acids is 1. The molecule has 1 unspecified atom stereocenters. The molecule has 0 aromatic heterocycles. The molecule has 1 aromatic carbocycles. The molecule has 1 aromatic rings. The number of nitrogens with two attached hydrogens (primary N) is 1. The summed E-state index contributed by atoms with van der Waals surface area (Å²) in [7, 11) is 0. The minimum atomic E-state index is -4.37. The minimum absolute atomic E-state index is 0.144. The van der Waals surface area contributed by atoms with Gasteiger partial charge in [-0.25, -0.2) is 0 Å². The first kappa shape index (κ1) is 17.8. The molecule has 1 aliphatic rings. The predicted molar refractivity (Wildman–Crippen MR) is 82.7 cm³/mol. The average Bonchev–Trinajstić information content (AvgIpc) is 2.95. The summed E-state index contributed by atoms with van der Waals surface area (Å²) in [5, 5.41) is 3.02. The number of amides is 1. The van der Waals surface area contributed by atoms with Gasteiger partial charge in [-0.3, -0.25) is 4.79 Å². The van der Waals surface area contributed by atoms with E-state index in [1.54, 1.807) is 13.0 Å². The fraction of sp³-hybridized carbons (Fsp3) is 0.588.